The molecule has 1 amide bonds. The summed E-state index contributed by atoms with van der Waals surface area (Å²) in [4.78, 5) is 20.7. The summed E-state index contributed by atoms with van der Waals surface area (Å²) >= 11 is 1.44. The number of ether oxygens (including phenoxy) is 1. The molecule has 0 aliphatic rings. The first kappa shape index (κ1) is 15.9. The van der Waals surface area contributed by atoms with Crippen molar-refractivity contribution < 1.29 is 9.53 Å². The normalized spacial score (nSPS) is 10.2. The molecule has 2 aromatic heterocycles. The lowest BCUT2D eigenvalue weighted by atomic mass is 10.2. The number of benzene rings is 1. The molecular formula is C17H16N4O2S. The second-order valence-corrected chi connectivity index (χ2v) is 5.80. The summed E-state index contributed by atoms with van der Waals surface area (Å²) in [6.45, 7) is 0. The molecule has 0 bridgehead atoms. The van der Waals surface area contributed by atoms with Gasteiger partial charge in [0.15, 0.2) is 5.13 Å². The van der Waals surface area contributed by atoms with Gasteiger partial charge in [-0.3, -0.25) is 4.79 Å². The molecule has 3 aromatic rings. The predicted molar refractivity (Wildman–Crippen MR) is 95.0 cm³/mol. The molecule has 0 atom stereocenters. The third-order valence-corrected chi connectivity index (χ3v) is 3.97. The van der Waals surface area contributed by atoms with Gasteiger partial charge in [0.1, 0.15) is 11.6 Å². The number of anilines is 3. The Morgan fingerprint density at radius 1 is 1.21 bits per heavy atom. The number of thiazole rings is 1. The fourth-order valence-electron chi connectivity index (χ4n) is 2.04. The van der Waals surface area contributed by atoms with Crippen LogP contribution in [0.2, 0.25) is 0 Å². The zero-order valence-corrected chi connectivity index (χ0v) is 13.8. The minimum atomic E-state index is -0.116. The number of hydrogen-bond donors (Lipinski definition) is 2. The highest BCUT2D eigenvalue weighted by molar-refractivity contribution is 7.13. The van der Waals surface area contributed by atoms with E-state index in [1.54, 1.807) is 37.6 Å². The molecule has 2 N–H and O–H groups in total. The van der Waals surface area contributed by atoms with Crippen LogP contribution in [0.25, 0.3) is 0 Å². The number of rotatable bonds is 6. The van der Waals surface area contributed by atoms with E-state index in [0.29, 0.717) is 10.8 Å². The summed E-state index contributed by atoms with van der Waals surface area (Å²) in [7, 11) is 1.60. The van der Waals surface area contributed by atoms with Gasteiger partial charge in [0.2, 0.25) is 5.91 Å². The van der Waals surface area contributed by atoms with Crippen molar-refractivity contribution in [3.63, 3.8) is 0 Å². The van der Waals surface area contributed by atoms with Crippen LogP contribution in [0.15, 0.2) is 54.0 Å². The van der Waals surface area contributed by atoms with E-state index in [4.69, 9.17) is 4.74 Å². The molecule has 0 spiro atoms. The van der Waals surface area contributed by atoms with E-state index in [1.165, 1.54) is 11.3 Å². The summed E-state index contributed by atoms with van der Waals surface area (Å²) in [5.41, 5.74) is 1.44. The van der Waals surface area contributed by atoms with Crippen molar-refractivity contribution in [3.05, 3.63) is 59.7 Å². The number of hydrogen-bond acceptors (Lipinski definition) is 6. The van der Waals surface area contributed by atoms with Crippen LogP contribution in [0.4, 0.5) is 16.6 Å². The van der Waals surface area contributed by atoms with Gasteiger partial charge < -0.3 is 15.4 Å². The Bertz CT molecular complexity index is 803. The van der Waals surface area contributed by atoms with E-state index in [0.717, 1.165) is 17.3 Å². The molecule has 1 aromatic carbocycles. The number of carbonyl (C=O) groups is 1. The lowest BCUT2D eigenvalue weighted by molar-refractivity contribution is -0.115. The van der Waals surface area contributed by atoms with Crippen LogP contribution < -0.4 is 15.4 Å². The third kappa shape index (κ3) is 4.30. The Morgan fingerprint density at radius 3 is 2.75 bits per heavy atom. The number of aromatic nitrogens is 2. The Kier molecular flexibility index (Phi) is 5.02. The van der Waals surface area contributed by atoms with Crippen molar-refractivity contribution in [2.24, 2.45) is 0 Å². The average molecular weight is 340 g/mol. The van der Waals surface area contributed by atoms with Crippen LogP contribution in [0.1, 0.15) is 5.69 Å². The summed E-state index contributed by atoms with van der Waals surface area (Å²) in [6.07, 6.45) is 1.92. The fourth-order valence-corrected chi connectivity index (χ4v) is 2.75. The topological polar surface area (TPSA) is 76.1 Å². The Labute approximate surface area is 143 Å². The van der Waals surface area contributed by atoms with Crippen LogP contribution in [0.3, 0.4) is 0 Å². The molecule has 0 saturated carbocycles. The summed E-state index contributed by atoms with van der Waals surface area (Å²) in [6, 6.07) is 12.8. The van der Waals surface area contributed by atoms with Gasteiger partial charge in [-0.1, -0.05) is 6.07 Å². The maximum absolute atomic E-state index is 12.1. The zero-order chi connectivity index (χ0) is 16.8. The molecule has 0 unspecified atom stereocenters. The van der Waals surface area contributed by atoms with Crippen molar-refractivity contribution in [2.75, 3.05) is 17.7 Å². The minimum absolute atomic E-state index is 0.116. The molecule has 0 fully saturated rings. The highest BCUT2D eigenvalue weighted by Gasteiger charge is 2.09. The molecule has 0 aliphatic heterocycles. The SMILES string of the molecule is COc1ccc(NC(=O)Cc2csc(Nc3ccccn3)n2)cc1. The molecular weight excluding hydrogens is 324 g/mol. The number of carbonyl (C=O) groups excluding carboxylic acids is 1. The van der Waals surface area contributed by atoms with Crippen molar-refractivity contribution in [2.45, 2.75) is 6.42 Å². The van der Waals surface area contributed by atoms with Gasteiger partial charge in [-0.05, 0) is 36.4 Å². The molecule has 7 heteroatoms. The number of nitrogens with one attached hydrogen (secondary N) is 2. The molecule has 2 heterocycles. The first-order chi connectivity index (χ1) is 11.7. The van der Waals surface area contributed by atoms with Gasteiger partial charge in [-0.15, -0.1) is 11.3 Å². The monoisotopic (exact) mass is 340 g/mol. The quantitative estimate of drug-likeness (QED) is 0.718. The van der Waals surface area contributed by atoms with Crippen molar-refractivity contribution in [3.8, 4) is 5.75 Å². The smallest absolute Gasteiger partial charge is 0.230 e. The molecule has 0 radical (unpaired) electrons. The van der Waals surface area contributed by atoms with Crippen LogP contribution in [0.5, 0.6) is 5.75 Å². The van der Waals surface area contributed by atoms with Crippen LogP contribution >= 0.6 is 11.3 Å². The van der Waals surface area contributed by atoms with Gasteiger partial charge in [0.05, 0.1) is 19.2 Å². The molecule has 122 valence electrons. The standard InChI is InChI=1S/C17H16N4O2S/c1-23-14-7-5-12(6-8-14)19-16(22)10-13-11-24-17(20-13)21-15-4-2-3-9-18-15/h2-9,11H,10H2,1H3,(H,19,22)(H,18,20,21). The van der Waals surface area contributed by atoms with E-state index in [9.17, 15) is 4.79 Å². The maximum Gasteiger partial charge on any atom is 0.230 e. The van der Waals surface area contributed by atoms with Crippen LogP contribution in [-0.4, -0.2) is 23.0 Å². The van der Waals surface area contributed by atoms with E-state index >= 15 is 0 Å². The van der Waals surface area contributed by atoms with Gasteiger partial charge in [0.25, 0.3) is 0 Å². The number of nitrogens with zero attached hydrogens (tertiary/aromatic N) is 2. The lowest BCUT2D eigenvalue weighted by Gasteiger charge is -2.05. The summed E-state index contributed by atoms with van der Waals surface area (Å²) in [5.74, 6) is 1.36. The van der Waals surface area contributed by atoms with Crippen LogP contribution in [0, 0.1) is 0 Å². The predicted octanol–water partition coefficient (Wildman–Crippen LogP) is 3.47. The average Bonchev–Trinajstić information content (AvgIpc) is 3.03. The Balaban J connectivity index is 1.56. The van der Waals surface area contributed by atoms with Gasteiger partial charge in [-0.25, -0.2) is 9.97 Å². The first-order valence-electron chi connectivity index (χ1n) is 7.29. The minimum Gasteiger partial charge on any atom is -0.497 e. The lowest BCUT2D eigenvalue weighted by Crippen LogP contribution is -2.14. The maximum atomic E-state index is 12.1. The summed E-state index contributed by atoms with van der Waals surface area (Å²) in [5, 5.41) is 8.52. The fraction of sp³-hybridized carbons (Fsp3) is 0.118. The van der Waals surface area contributed by atoms with Crippen molar-refractivity contribution in [1.82, 2.24) is 9.97 Å². The molecule has 3 rings (SSSR count). The largest absolute Gasteiger partial charge is 0.497 e. The second kappa shape index (κ2) is 7.56. The van der Waals surface area contributed by atoms with E-state index in [2.05, 4.69) is 20.6 Å². The van der Waals surface area contributed by atoms with E-state index in [-0.39, 0.29) is 12.3 Å². The van der Waals surface area contributed by atoms with Gasteiger partial charge >= 0.3 is 0 Å². The number of amides is 1. The highest BCUT2D eigenvalue weighted by atomic mass is 32.1. The molecule has 24 heavy (non-hydrogen) atoms. The first-order valence-corrected chi connectivity index (χ1v) is 8.17. The van der Waals surface area contributed by atoms with Crippen molar-refractivity contribution in [1.29, 1.82) is 0 Å². The summed E-state index contributed by atoms with van der Waals surface area (Å²) < 4.78 is 5.09. The Morgan fingerprint density at radius 2 is 2.04 bits per heavy atom. The van der Waals surface area contributed by atoms with E-state index < -0.39 is 0 Å². The van der Waals surface area contributed by atoms with Gasteiger partial charge in [0, 0.05) is 17.3 Å². The van der Waals surface area contributed by atoms with E-state index in [1.807, 2.05) is 23.6 Å². The molecule has 6 nitrogen and oxygen atoms in total. The zero-order valence-electron chi connectivity index (χ0n) is 13.0. The second-order valence-electron chi connectivity index (χ2n) is 4.94. The number of pyridine rings is 1. The molecule has 0 aliphatic carbocycles. The number of methoxy groups -OCH3 is 1. The highest BCUT2D eigenvalue weighted by Crippen LogP contribution is 2.20. The van der Waals surface area contributed by atoms with Crippen molar-refractivity contribution >= 4 is 33.9 Å². The van der Waals surface area contributed by atoms with Gasteiger partial charge in [-0.2, -0.15) is 0 Å². The third-order valence-electron chi connectivity index (χ3n) is 3.17. The molecule has 0 saturated heterocycles. The van der Waals surface area contributed by atoms with Crippen LogP contribution in [-0.2, 0) is 11.2 Å². The Hall–Kier alpha value is -2.93.